The Morgan fingerprint density at radius 1 is 1.27 bits per heavy atom. The van der Waals surface area contributed by atoms with Gasteiger partial charge >= 0.3 is 0 Å². The van der Waals surface area contributed by atoms with Crippen molar-refractivity contribution in [2.24, 2.45) is 0 Å². The van der Waals surface area contributed by atoms with Crippen molar-refractivity contribution in [3.05, 3.63) is 35.1 Å². The van der Waals surface area contributed by atoms with Crippen molar-refractivity contribution in [2.75, 3.05) is 11.9 Å². The van der Waals surface area contributed by atoms with Crippen LogP contribution in [-0.2, 0) is 0 Å². The summed E-state index contributed by atoms with van der Waals surface area (Å²) >= 11 is 3.04. The molecule has 1 rings (SSSR count). The predicted molar refractivity (Wildman–Crippen MR) is 52.4 cm³/mol. The van der Waals surface area contributed by atoms with Gasteiger partial charge in [-0.05, 0) is 0 Å². The zero-order chi connectivity index (χ0) is 11.4. The second-order valence-electron chi connectivity index (χ2n) is 2.69. The molecule has 0 aliphatic carbocycles. The Labute approximate surface area is 92.6 Å². The summed E-state index contributed by atoms with van der Waals surface area (Å²) < 4.78 is 38.6. The summed E-state index contributed by atoms with van der Waals surface area (Å²) in [4.78, 5) is 11.2. The first-order valence-electron chi connectivity index (χ1n) is 4.05. The Kier molecular flexibility index (Phi) is 4.14. The number of carbonyl (C=O) groups is 1. The van der Waals surface area contributed by atoms with Gasteiger partial charge in [0.25, 0.3) is 5.91 Å². The lowest BCUT2D eigenvalue weighted by molar-refractivity contribution is 0.0947. The molecule has 2 nitrogen and oxygen atoms in total. The fraction of sp³-hybridized carbons (Fsp3) is 0.222. The van der Waals surface area contributed by atoms with E-state index in [0.29, 0.717) is 17.5 Å². The summed E-state index contributed by atoms with van der Waals surface area (Å²) in [5, 5.41) is 2.72. The minimum absolute atomic E-state index is 0.231. The average molecular weight is 282 g/mol. The minimum atomic E-state index is -1.21. The van der Waals surface area contributed by atoms with Gasteiger partial charge in [0.15, 0.2) is 0 Å². The summed E-state index contributed by atoms with van der Waals surface area (Å²) in [6, 6.07) is 0.929. The maximum Gasteiger partial charge on any atom is 0.257 e. The van der Waals surface area contributed by atoms with E-state index in [1.165, 1.54) is 0 Å². The number of amides is 1. The van der Waals surface area contributed by atoms with Gasteiger partial charge in [0.1, 0.15) is 23.0 Å². The van der Waals surface area contributed by atoms with Crippen LogP contribution in [0.5, 0.6) is 0 Å². The number of alkyl halides is 1. The van der Waals surface area contributed by atoms with Gasteiger partial charge in [0.2, 0.25) is 0 Å². The molecule has 0 saturated heterocycles. The normalized spacial score (nSPS) is 10.1. The zero-order valence-corrected chi connectivity index (χ0v) is 9.08. The molecule has 6 heteroatoms. The Morgan fingerprint density at radius 3 is 2.27 bits per heavy atom. The molecule has 0 unspecified atom stereocenters. The Bertz CT molecular complexity index is 361. The molecular weight excluding hydrogens is 275 g/mol. The summed E-state index contributed by atoms with van der Waals surface area (Å²) in [6.07, 6.45) is 0. The lowest BCUT2D eigenvalue weighted by Gasteiger charge is -2.05. The van der Waals surface area contributed by atoms with E-state index in [0.717, 1.165) is 0 Å². The first-order chi connectivity index (χ1) is 7.06. The second kappa shape index (κ2) is 5.16. The highest BCUT2D eigenvalue weighted by molar-refractivity contribution is 9.09. The largest absolute Gasteiger partial charge is 0.351 e. The van der Waals surface area contributed by atoms with E-state index in [1.807, 2.05) is 0 Å². The summed E-state index contributed by atoms with van der Waals surface area (Å²) in [7, 11) is 0. The van der Waals surface area contributed by atoms with Crippen molar-refractivity contribution in [1.29, 1.82) is 0 Å². The SMILES string of the molecule is O=C(NCCBr)c1c(F)cc(F)cc1F. The van der Waals surface area contributed by atoms with Gasteiger partial charge in [-0.3, -0.25) is 4.79 Å². The zero-order valence-electron chi connectivity index (χ0n) is 7.49. The maximum atomic E-state index is 13.0. The third-order valence-corrected chi connectivity index (χ3v) is 2.01. The molecule has 0 radical (unpaired) electrons. The fourth-order valence-corrected chi connectivity index (χ4v) is 1.21. The molecule has 0 aromatic heterocycles. The highest BCUT2D eigenvalue weighted by Crippen LogP contribution is 2.14. The number of nitrogens with one attached hydrogen (secondary N) is 1. The number of benzene rings is 1. The number of hydrogen-bond donors (Lipinski definition) is 1. The molecule has 0 aliphatic heterocycles. The first-order valence-corrected chi connectivity index (χ1v) is 5.17. The van der Waals surface area contributed by atoms with Crippen molar-refractivity contribution >= 4 is 21.8 Å². The predicted octanol–water partition coefficient (Wildman–Crippen LogP) is 2.23. The molecule has 0 bridgehead atoms. The van der Waals surface area contributed by atoms with Crippen molar-refractivity contribution in [3.63, 3.8) is 0 Å². The molecule has 0 fully saturated rings. The lowest BCUT2D eigenvalue weighted by Crippen LogP contribution is -2.27. The van der Waals surface area contributed by atoms with Gasteiger partial charge in [-0.25, -0.2) is 13.2 Å². The van der Waals surface area contributed by atoms with Crippen LogP contribution in [0.25, 0.3) is 0 Å². The molecule has 0 atom stereocenters. The van der Waals surface area contributed by atoms with Crippen LogP contribution in [0.1, 0.15) is 10.4 Å². The average Bonchev–Trinajstić information content (AvgIpc) is 2.12. The van der Waals surface area contributed by atoms with Crippen molar-refractivity contribution in [1.82, 2.24) is 5.32 Å². The molecule has 0 spiro atoms. The molecule has 0 aliphatic rings. The van der Waals surface area contributed by atoms with E-state index in [4.69, 9.17) is 0 Å². The van der Waals surface area contributed by atoms with Crippen LogP contribution in [0.2, 0.25) is 0 Å². The molecular formula is C9H7BrF3NO. The van der Waals surface area contributed by atoms with E-state index in [-0.39, 0.29) is 6.54 Å². The molecule has 1 N–H and O–H groups in total. The highest BCUT2D eigenvalue weighted by Gasteiger charge is 2.18. The van der Waals surface area contributed by atoms with Crippen LogP contribution in [0, 0.1) is 17.5 Å². The van der Waals surface area contributed by atoms with E-state index in [2.05, 4.69) is 21.2 Å². The third-order valence-electron chi connectivity index (χ3n) is 1.61. The number of rotatable bonds is 3. The Morgan fingerprint density at radius 2 is 1.80 bits per heavy atom. The molecule has 1 aromatic carbocycles. The first kappa shape index (κ1) is 12.0. The van der Waals surface area contributed by atoms with Gasteiger partial charge in [-0.1, -0.05) is 15.9 Å². The Hall–Kier alpha value is -1.04. The molecule has 0 heterocycles. The van der Waals surface area contributed by atoms with Crippen LogP contribution in [0.4, 0.5) is 13.2 Å². The van der Waals surface area contributed by atoms with Crippen molar-refractivity contribution in [2.45, 2.75) is 0 Å². The third kappa shape index (κ3) is 2.95. The standard InChI is InChI=1S/C9H7BrF3NO/c10-1-2-14-9(15)8-6(12)3-5(11)4-7(8)13/h3-4H,1-2H2,(H,14,15). The second-order valence-corrected chi connectivity index (χ2v) is 3.48. The Balaban J connectivity index is 2.98. The lowest BCUT2D eigenvalue weighted by atomic mass is 10.2. The summed E-state index contributed by atoms with van der Waals surface area (Å²) in [5.41, 5.74) is -0.766. The van der Waals surface area contributed by atoms with Crippen molar-refractivity contribution < 1.29 is 18.0 Å². The number of hydrogen-bond acceptors (Lipinski definition) is 1. The van der Waals surface area contributed by atoms with Gasteiger partial charge < -0.3 is 5.32 Å². The van der Waals surface area contributed by atoms with Gasteiger partial charge in [0.05, 0.1) is 0 Å². The number of carbonyl (C=O) groups excluding carboxylic acids is 1. The molecule has 1 amide bonds. The maximum absolute atomic E-state index is 13.0. The van der Waals surface area contributed by atoms with Crippen LogP contribution in [0.3, 0.4) is 0 Å². The van der Waals surface area contributed by atoms with Crippen LogP contribution in [-0.4, -0.2) is 17.8 Å². The van der Waals surface area contributed by atoms with Gasteiger partial charge in [0, 0.05) is 24.0 Å². The molecule has 82 valence electrons. The van der Waals surface area contributed by atoms with Crippen LogP contribution < -0.4 is 5.32 Å². The fourth-order valence-electron chi connectivity index (χ4n) is 1.01. The summed E-state index contributed by atoms with van der Waals surface area (Å²) in [5.74, 6) is -4.37. The van der Waals surface area contributed by atoms with E-state index in [1.54, 1.807) is 0 Å². The van der Waals surface area contributed by atoms with Crippen molar-refractivity contribution in [3.8, 4) is 0 Å². The summed E-state index contributed by atoms with van der Waals surface area (Å²) in [6.45, 7) is 0.231. The van der Waals surface area contributed by atoms with Crippen LogP contribution >= 0.6 is 15.9 Å². The molecule has 1 aromatic rings. The quantitative estimate of drug-likeness (QED) is 0.846. The molecule has 15 heavy (non-hydrogen) atoms. The van der Waals surface area contributed by atoms with E-state index >= 15 is 0 Å². The molecule has 0 saturated carbocycles. The highest BCUT2D eigenvalue weighted by atomic mass is 79.9. The minimum Gasteiger partial charge on any atom is -0.351 e. The smallest absolute Gasteiger partial charge is 0.257 e. The topological polar surface area (TPSA) is 29.1 Å². The van der Waals surface area contributed by atoms with Gasteiger partial charge in [-0.15, -0.1) is 0 Å². The van der Waals surface area contributed by atoms with Crippen LogP contribution in [0.15, 0.2) is 12.1 Å². The van der Waals surface area contributed by atoms with Gasteiger partial charge in [-0.2, -0.15) is 0 Å². The number of halogens is 4. The monoisotopic (exact) mass is 281 g/mol. The van der Waals surface area contributed by atoms with E-state index < -0.39 is 28.9 Å². The van der Waals surface area contributed by atoms with E-state index in [9.17, 15) is 18.0 Å².